The van der Waals surface area contributed by atoms with E-state index in [-0.39, 0.29) is 5.56 Å². The number of fused-ring (bicyclic) bond motifs is 2. The number of aromatic amines is 2. The Labute approximate surface area is 197 Å². The summed E-state index contributed by atoms with van der Waals surface area (Å²) >= 11 is 0. The Balaban J connectivity index is 1.38. The van der Waals surface area contributed by atoms with Gasteiger partial charge in [0.1, 0.15) is 5.69 Å². The Morgan fingerprint density at radius 3 is 2.76 bits per heavy atom. The first kappa shape index (κ1) is 20.6. The van der Waals surface area contributed by atoms with E-state index in [0.29, 0.717) is 0 Å². The van der Waals surface area contributed by atoms with Gasteiger partial charge in [0.2, 0.25) is 0 Å². The summed E-state index contributed by atoms with van der Waals surface area (Å²) in [6, 6.07) is 20.6. The molecule has 0 atom stereocenters. The molecule has 1 aliphatic rings. The molecule has 2 aromatic carbocycles. The van der Waals surface area contributed by atoms with Crippen LogP contribution in [0.2, 0.25) is 0 Å². The third kappa shape index (κ3) is 3.82. The number of aryl methyl sites for hydroxylation is 1. The van der Waals surface area contributed by atoms with Gasteiger partial charge in [-0.15, -0.1) is 0 Å². The minimum Gasteiger partial charge on any atom is -0.321 e. The van der Waals surface area contributed by atoms with Crippen molar-refractivity contribution in [2.24, 2.45) is 0 Å². The van der Waals surface area contributed by atoms with Gasteiger partial charge < -0.3 is 4.98 Å². The van der Waals surface area contributed by atoms with Crippen molar-refractivity contribution in [1.29, 1.82) is 0 Å². The van der Waals surface area contributed by atoms with Crippen molar-refractivity contribution in [2.75, 3.05) is 13.1 Å². The second-order valence-corrected chi connectivity index (χ2v) is 8.97. The first-order valence-electron chi connectivity index (χ1n) is 11.6. The van der Waals surface area contributed by atoms with Crippen LogP contribution in [0.15, 0.2) is 77.7 Å². The first-order valence-corrected chi connectivity index (χ1v) is 11.6. The van der Waals surface area contributed by atoms with Crippen molar-refractivity contribution in [2.45, 2.75) is 19.9 Å². The van der Waals surface area contributed by atoms with Gasteiger partial charge in [-0.1, -0.05) is 36.4 Å². The van der Waals surface area contributed by atoms with E-state index >= 15 is 0 Å². The molecule has 0 fully saturated rings. The van der Waals surface area contributed by atoms with Crippen molar-refractivity contribution in [3.63, 3.8) is 0 Å². The molecule has 0 radical (unpaired) electrons. The van der Waals surface area contributed by atoms with E-state index in [2.05, 4.69) is 61.5 Å². The van der Waals surface area contributed by atoms with Gasteiger partial charge in [-0.25, -0.2) is 0 Å². The summed E-state index contributed by atoms with van der Waals surface area (Å²) < 4.78 is 0. The summed E-state index contributed by atoms with van der Waals surface area (Å²) in [6.45, 7) is 4.62. The highest BCUT2D eigenvalue weighted by molar-refractivity contribution is 6.02. The number of hydrogen-bond donors (Lipinski definition) is 2. The fraction of sp³-hybridized carbons (Fsp3) is 0.179. The van der Waals surface area contributed by atoms with E-state index in [1.807, 2.05) is 37.3 Å². The number of nitrogens with one attached hydrogen (secondary N) is 2. The number of H-pyrrole nitrogens is 2. The molecule has 0 unspecified atom stereocenters. The summed E-state index contributed by atoms with van der Waals surface area (Å²) in [4.78, 5) is 22.8. The molecule has 6 nitrogen and oxygen atoms in total. The predicted octanol–water partition coefficient (Wildman–Crippen LogP) is 5.06. The second-order valence-electron chi connectivity index (χ2n) is 8.97. The SMILES string of the molecule is Cc1cc(-c2n[nH]c3cc4[nH]c(=O)c(C5=CCCN(Cc6ccccc6)C5)cc4cc23)ccn1. The minimum atomic E-state index is -0.0517. The second kappa shape index (κ2) is 8.39. The molecule has 5 aromatic rings. The van der Waals surface area contributed by atoms with Crippen molar-refractivity contribution in [1.82, 2.24) is 25.1 Å². The molecule has 0 saturated heterocycles. The molecule has 0 saturated carbocycles. The number of hydrogen-bond acceptors (Lipinski definition) is 4. The maximum Gasteiger partial charge on any atom is 0.256 e. The molecule has 1 aliphatic heterocycles. The van der Waals surface area contributed by atoms with Crippen LogP contribution in [-0.2, 0) is 6.54 Å². The third-order valence-electron chi connectivity index (χ3n) is 6.52. The van der Waals surface area contributed by atoms with Crippen molar-refractivity contribution in [3.05, 3.63) is 100 Å². The highest BCUT2D eigenvalue weighted by Crippen LogP contribution is 2.30. The summed E-state index contributed by atoms with van der Waals surface area (Å²) in [6.07, 6.45) is 4.95. The van der Waals surface area contributed by atoms with E-state index < -0.39 is 0 Å². The predicted molar refractivity (Wildman–Crippen MR) is 137 cm³/mol. The summed E-state index contributed by atoms with van der Waals surface area (Å²) in [5.74, 6) is 0. The van der Waals surface area contributed by atoms with Gasteiger partial charge in [-0.05, 0) is 60.2 Å². The Morgan fingerprint density at radius 1 is 1.03 bits per heavy atom. The average Bonchev–Trinajstić information content (AvgIpc) is 3.26. The number of rotatable bonds is 4. The van der Waals surface area contributed by atoms with Crippen LogP contribution in [0, 0.1) is 6.92 Å². The molecule has 168 valence electrons. The third-order valence-corrected chi connectivity index (χ3v) is 6.52. The topological polar surface area (TPSA) is 77.7 Å². The van der Waals surface area contributed by atoms with Crippen LogP contribution >= 0.6 is 0 Å². The molecule has 2 N–H and O–H groups in total. The van der Waals surface area contributed by atoms with Crippen LogP contribution in [0.25, 0.3) is 38.6 Å². The number of benzene rings is 2. The van der Waals surface area contributed by atoms with Crippen LogP contribution in [0.1, 0.15) is 23.2 Å². The molecule has 0 amide bonds. The van der Waals surface area contributed by atoms with Crippen molar-refractivity contribution >= 4 is 27.4 Å². The van der Waals surface area contributed by atoms with E-state index in [9.17, 15) is 4.79 Å². The molecule has 6 rings (SSSR count). The van der Waals surface area contributed by atoms with E-state index in [1.165, 1.54) is 5.56 Å². The van der Waals surface area contributed by atoms with Crippen molar-refractivity contribution in [3.8, 4) is 11.3 Å². The van der Waals surface area contributed by atoms with Crippen LogP contribution < -0.4 is 5.56 Å². The van der Waals surface area contributed by atoms with Crippen LogP contribution in [0.3, 0.4) is 0 Å². The van der Waals surface area contributed by atoms with Crippen LogP contribution in [0.4, 0.5) is 0 Å². The number of nitrogens with zero attached hydrogens (tertiary/aromatic N) is 3. The van der Waals surface area contributed by atoms with Gasteiger partial charge in [0.05, 0.1) is 11.0 Å². The largest absolute Gasteiger partial charge is 0.321 e. The Hall–Kier alpha value is -4.03. The lowest BCUT2D eigenvalue weighted by molar-refractivity contribution is 0.296. The van der Waals surface area contributed by atoms with Gasteiger partial charge in [-0.2, -0.15) is 5.10 Å². The molecule has 0 bridgehead atoms. The molecular formula is C28H25N5O. The quantitative estimate of drug-likeness (QED) is 0.404. The molecule has 3 aromatic heterocycles. The Kier molecular flexibility index (Phi) is 5.08. The molecular weight excluding hydrogens is 422 g/mol. The first-order chi connectivity index (χ1) is 16.6. The minimum absolute atomic E-state index is 0.0517. The zero-order chi connectivity index (χ0) is 23.1. The van der Waals surface area contributed by atoms with Gasteiger partial charge in [-0.3, -0.25) is 19.8 Å². The molecule has 6 heteroatoms. The molecule has 34 heavy (non-hydrogen) atoms. The van der Waals surface area contributed by atoms with Crippen molar-refractivity contribution < 1.29 is 0 Å². The Morgan fingerprint density at radius 2 is 1.91 bits per heavy atom. The lowest BCUT2D eigenvalue weighted by Crippen LogP contribution is -2.30. The summed E-state index contributed by atoms with van der Waals surface area (Å²) in [7, 11) is 0. The van der Waals surface area contributed by atoms with E-state index in [1.54, 1.807) is 6.20 Å². The maximum absolute atomic E-state index is 13.0. The average molecular weight is 448 g/mol. The summed E-state index contributed by atoms with van der Waals surface area (Å²) in [5, 5.41) is 9.69. The van der Waals surface area contributed by atoms with Gasteiger partial charge in [0, 0.05) is 48.0 Å². The van der Waals surface area contributed by atoms with Gasteiger partial charge in [0.15, 0.2) is 0 Å². The highest BCUT2D eigenvalue weighted by Gasteiger charge is 2.18. The lowest BCUT2D eigenvalue weighted by Gasteiger charge is -2.27. The summed E-state index contributed by atoms with van der Waals surface area (Å²) in [5.41, 5.74) is 7.63. The maximum atomic E-state index is 13.0. The van der Waals surface area contributed by atoms with E-state index in [0.717, 1.165) is 75.9 Å². The number of aromatic nitrogens is 4. The standard InChI is InChI=1S/C28H25N5O/c1-18-12-20(9-10-29-18)27-24-14-22-13-23(28(34)30-25(22)15-26(24)31-32-27)21-8-5-11-33(17-21)16-19-6-3-2-4-7-19/h2-4,6-10,12-15H,5,11,16-17H2,1H3,(H,30,34)(H,31,32). The smallest absolute Gasteiger partial charge is 0.256 e. The fourth-order valence-corrected chi connectivity index (χ4v) is 4.85. The Bertz CT molecular complexity index is 1600. The van der Waals surface area contributed by atoms with E-state index in [4.69, 9.17) is 0 Å². The van der Waals surface area contributed by atoms with Gasteiger partial charge in [0.25, 0.3) is 5.56 Å². The normalized spacial score (nSPS) is 14.6. The van der Waals surface area contributed by atoms with Gasteiger partial charge >= 0.3 is 0 Å². The van der Waals surface area contributed by atoms with Crippen LogP contribution in [-0.4, -0.2) is 38.2 Å². The molecule has 0 aliphatic carbocycles. The number of pyridine rings is 2. The zero-order valence-corrected chi connectivity index (χ0v) is 19.0. The highest BCUT2D eigenvalue weighted by atomic mass is 16.1. The molecule has 0 spiro atoms. The fourth-order valence-electron chi connectivity index (χ4n) is 4.85. The lowest BCUT2D eigenvalue weighted by atomic mass is 9.99. The monoisotopic (exact) mass is 447 g/mol. The molecule has 4 heterocycles. The van der Waals surface area contributed by atoms with Crippen LogP contribution in [0.5, 0.6) is 0 Å². The zero-order valence-electron chi connectivity index (χ0n) is 19.0.